The first kappa shape index (κ1) is 59.3. The highest BCUT2D eigenvalue weighted by Gasteiger charge is 2.84. The minimum atomic E-state index is -6.57. The van der Waals surface area contributed by atoms with Gasteiger partial charge < -0.3 is 0 Å². The molecule has 68 heavy (non-hydrogen) atoms. The fourth-order valence-corrected chi connectivity index (χ4v) is 6.46. The lowest BCUT2D eigenvalue weighted by atomic mass is 9.77. The molecule has 0 saturated carbocycles. The van der Waals surface area contributed by atoms with Crippen molar-refractivity contribution in [2.45, 2.75) is 115 Å². The van der Waals surface area contributed by atoms with Crippen LogP contribution in [-0.2, 0) is 62.2 Å². The van der Waals surface area contributed by atoms with E-state index in [1.807, 2.05) is 6.92 Å². The Bertz CT molecular complexity index is 2050. The highest BCUT2D eigenvalue weighted by molar-refractivity contribution is 5.37. The Morgan fingerprint density at radius 2 is 0.632 bits per heavy atom. The number of hydrogen-bond donors (Lipinski definition) is 0. The third kappa shape index (κ3) is 15.6. The molecule has 382 valence electrons. The molecular weight excluding hydrogens is 986 g/mol. The Morgan fingerprint density at radius 3 is 0.897 bits per heavy atom. The predicted octanol–water partition coefficient (Wildman–Crippen LogP) is 16.9. The molecule has 4 aromatic rings. The fourth-order valence-electron chi connectivity index (χ4n) is 6.46. The van der Waals surface area contributed by atoms with Gasteiger partial charge in [0.2, 0.25) is 0 Å². The second-order valence-corrected chi connectivity index (χ2v) is 14.9. The summed E-state index contributed by atoms with van der Waals surface area (Å²) < 4.78 is 309. The van der Waals surface area contributed by atoms with Crippen LogP contribution in [0, 0.1) is 6.92 Å². The molecule has 4 rings (SSSR count). The topological polar surface area (TPSA) is 3.24 Å². The van der Waals surface area contributed by atoms with Crippen LogP contribution in [0.2, 0.25) is 0 Å². The number of hydrogen-bond acceptors (Lipinski definition) is 1. The van der Waals surface area contributed by atoms with Crippen LogP contribution < -0.4 is 0 Å². The quantitative estimate of drug-likeness (QED) is 0.151. The summed E-state index contributed by atoms with van der Waals surface area (Å²) in [6.45, 7) is 5.49. The van der Waals surface area contributed by atoms with E-state index in [-0.39, 0.29) is 43.7 Å². The Kier molecular flexibility index (Phi) is 18.7. The van der Waals surface area contributed by atoms with Gasteiger partial charge >= 0.3 is 49.4 Å². The van der Waals surface area contributed by atoms with Gasteiger partial charge in [-0.25, -0.2) is 0 Å². The summed E-state index contributed by atoms with van der Waals surface area (Å²) in [6.07, 6.45) is -43.2. The lowest BCUT2D eigenvalue weighted by molar-refractivity contribution is -0.387. The highest BCUT2D eigenvalue weighted by atomic mass is 19.4. The van der Waals surface area contributed by atoms with Gasteiger partial charge in [-0.15, -0.1) is 0 Å². The molecule has 0 radical (unpaired) electrons. The van der Waals surface area contributed by atoms with Crippen molar-refractivity contribution in [3.63, 3.8) is 0 Å². The monoisotopic (exact) mass is 1020 g/mol. The average Bonchev–Trinajstić information content (AvgIpc) is 3.15. The van der Waals surface area contributed by atoms with Gasteiger partial charge in [-0.1, -0.05) is 56.7 Å². The number of alkyl halides is 24. The van der Waals surface area contributed by atoms with E-state index < -0.39 is 112 Å². The molecule has 0 amide bonds. The van der Waals surface area contributed by atoms with Crippen molar-refractivity contribution in [2.24, 2.45) is 0 Å². The van der Waals surface area contributed by atoms with Crippen molar-refractivity contribution in [1.82, 2.24) is 4.90 Å². The van der Waals surface area contributed by atoms with Gasteiger partial charge in [-0.3, -0.25) is 4.90 Å². The van der Waals surface area contributed by atoms with Gasteiger partial charge in [0.25, 0.3) is 5.41 Å². The van der Waals surface area contributed by atoms with Gasteiger partial charge in [0.15, 0.2) is 0 Å². The lowest BCUT2D eigenvalue weighted by Crippen LogP contribution is -2.63. The zero-order chi connectivity index (χ0) is 52.9. The Morgan fingerprint density at radius 1 is 0.338 bits per heavy atom. The van der Waals surface area contributed by atoms with Crippen molar-refractivity contribution in [3.05, 3.63) is 140 Å². The molecule has 0 saturated heterocycles. The number of nitrogens with zero attached hydrogens (tertiary/aromatic N) is 1. The third-order valence-electron chi connectivity index (χ3n) is 9.59. The average molecular weight is 1020 g/mol. The van der Waals surface area contributed by atoms with E-state index in [0.29, 0.717) is 41.8 Å². The largest absolute Gasteiger partial charge is 0.416 e. The molecule has 0 aliphatic carbocycles. The maximum Gasteiger partial charge on any atom is 0.416 e. The molecule has 0 aliphatic rings. The van der Waals surface area contributed by atoms with E-state index in [0.717, 1.165) is 17.7 Å². The predicted molar refractivity (Wildman–Crippen MR) is 199 cm³/mol. The first-order valence-corrected chi connectivity index (χ1v) is 19.3. The van der Waals surface area contributed by atoms with Crippen LogP contribution >= 0.6 is 0 Å². The molecule has 4 aromatic carbocycles. The number of rotatable bonds is 9. The van der Waals surface area contributed by atoms with Gasteiger partial charge in [0.1, 0.15) is 0 Å². The molecule has 1 nitrogen and oxygen atoms in total. The summed E-state index contributed by atoms with van der Waals surface area (Å²) in [7, 11) is 0. The van der Waals surface area contributed by atoms with Crippen LogP contribution in [0.25, 0.3) is 0 Å². The summed E-state index contributed by atoms with van der Waals surface area (Å²) >= 11 is 0. The zero-order valence-corrected chi connectivity index (χ0v) is 35.3. The van der Waals surface area contributed by atoms with Crippen molar-refractivity contribution in [1.29, 1.82) is 0 Å². The van der Waals surface area contributed by atoms with Crippen molar-refractivity contribution in [3.8, 4) is 0 Å². The number of benzene rings is 4. The van der Waals surface area contributed by atoms with E-state index in [2.05, 4.69) is 0 Å². The standard InChI is InChI=1S/C21H17F12N.C12H9F9.C10H11F3/c1-2-3-34(10-12-4-14(18(22,23)24)8-15(5-12)19(25,26)27)11-13-6-16(20(28,29)30)9-17(7-13)21(31,32)33;1-2-7-3-5-8(6-4-7)9(10(13,14)15,11(16,17)18)12(19,20)21;1-3-8-4-7(2)5-9(6-8)10(11,12)13/h4-9H,2-3,10-11H2,1H3;3-6H,2H2,1H3;4-6H,3H2,1-2H3. The molecule has 0 aromatic heterocycles. The normalized spacial score (nSPS) is 13.5. The minimum absolute atomic E-state index is 0.0187. The number of aryl methyl sites for hydroxylation is 3. The molecule has 0 atom stereocenters. The van der Waals surface area contributed by atoms with E-state index >= 15 is 0 Å². The Hall–Kier alpha value is -4.84. The molecule has 25 heteroatoms. The Labute approximate surface area is 371 Å². The summed E-state index contributed by atoms with van der Waals surface area (Å²) in [5.74, 6) is 0. The van der Waals surface area contributed by atoms with E-state index in [4.69, 9.17) is 0 Å². The van der Waals surface area contributed by atoms with E-state index in [1.165, 1.54) is 17.0 Å². The smallest absolute Gasteiger partial charge is 0.295 e. The first-order chi connectivity index (χ1) is 30.5. The second kappa shape index (κ2) is 21.4. The van der Waals surface area contributed by atoms with Crippen LogP contribution in [0.5, 0.6) is 0 Å². The van der Waals surface area contributed by atoms with Crippen LogP contribution in [0.3, 0.4) is 0 Å². The molecule has 0 spiro atoms. The SMILES string of the molecule is CCCN(Cc1cc(C(F)(F)F)cc(C(F)(F)F)c1)Cc1cc(C(F)(F)F)cc(C(F)(F)F)c1.CCc1cc(C)cc(C(F)(F)F)c1.CCc1ccc(C(C(F)(F)F)(C(F)(F)F)C(F)(F)F)cc1. The molecule has 0 N–H and O–H groups in total. The fraction of sp³-hybridized carbons (Fsp3) is 0.442. The summed E-state index contributed by atoms with van der Waals surface area (Å²) in [5, 5.41) is 0. The zero-order valence-electron chi connectivity index (χ0n) is 35.3. The van der Waals surface area contributed by atoms with E-state index in [9.17, 15) is 105 Å². The van der Waals surface area contributed by atoms with Crippen molar-refractivity contribution in [2.75, 3.05) is 6.54 Å². The summed E-state index contributed by atoms with van der Waals surface area (Å²) in [5.41, 5.74) is -13.8. The highest BCUT2D eigenvalue weighted by Crippen LogP contribution is 2.60. The van der Waals surface area contributed by atoms with Crippen LogP contribution in [-0.4, -0.2) is 30.0 Å². The van der Waals surface area contributed by atoms with Gasteiger partial charge in [-0.05, 0) is 109 Å². The molecule has 0 heterocycles. The maximum atomic E-state index is 13.1. The first-order valence-electron chi connectivity index (χ1n) is 19.3. The summed E-state index contributed by atoms with van der Waals surface area (Å²) in [4.78, 5) is 1.17. The van der Waals surface area contributed by atoms with Crippen LogP contribution in [0.4, 0.5) is 105 Å². The molecule has 0 aliphatic heterocycles. The van der Waals surface area contributed by atoms with Crippen molar-refractivity contribution < 1.29 is 105 Å². The third-order valence-corrected chi connectivity index (χ3v) is 9.59. The second-order valence-electron chi connectivity index (χ2n) is 14.9. The molecule has 0 bridgehead atoms. The summed E-state index contributed by atoms with van der Waals surface area (Å²) in [6, 6.07) is 7.90. The van der Waals surface area contributed by atoms with E-state index in [1.54, 1.807) is 26.8 Å². The van der Waals surface area contributed by atoms with Gasteiger partial charge in [-0.2, -0.15) is 105 Å². The molecule has 0 fully saturated rings. The number of halogens is 24. The van der Waals surface area contributed by atoms with Gasteiger partial charge in [0.05, 0.1) is 27.8 Å². The lowest BCUT2D eigenvalue weighted by Gasteiger charge is -2.38. The Balaban J connectivity index is 0.000000394. The van der Waals surface area contributed by atoms with Gasteiger partial charge in [0, 0.05) is 13.1 Å². The minimum Gasteiger partial charge on any atom is -0.295 e. The molecular formula is C43H37F24N. The van der Waals surface area contributed by atoms with Crippen LogP contribution in [0.15, 0.2) is 78.9 Å². The molecule has 0 unspecified atom stereocenters. The van der Waals surface area contributed by atoms with Crippen molar-refractivity contribution >= 4 is 0 Å². The maximum absolute atomic E-state index is 13.1. The van der Waals surface area contributed by atoms with Crippen LogP contribution in [0.1, 0.15) is 88.4 Å².